The van der Waals surface area contributed by atoms with Crippen molar-refractivity contribution in [2.45, 2.75) is 184 Å². The Bertz CT molecular complexity index is 5450. The number of amides is 4. The van der Waals surface area contributed by atoms with Crippen LogP contribution in [0, 0.1) is 54.6 Å². The molecule has 0 radical (unpaired) electrons. The maximum Gasteiger partial charge on any atom is 0.574 e. The van der Waals surface area contributed by atoms with Gasteiger partial charge in [-0.15, -0.1) is 24.5 Å². The van der Waals surface area contributed by atoms with Crippen LogP contribution in [0.4, 0.5) is 32.9 Å². The molecule has 4 aromatic carbocycles. The summed E-state index contributed by atoms with van der Waals surface area (Å²) in [6.45, 7) is 9.45. The van der Waals surface area contributed by atoms with E-state index in [-0.39, 0.29) is 127 Å². The smallest absolute Gasteiger partial charge is 0.486 e. The molecule has 13 fully saturated rings. The standard InChI is InChI=1S/C24H24ClF4N3O4.C23H26ClN3O3S.C20H20ClN5O2.C19H18ClFN2O3S/c1-14-11-22(32-21(34)15-2-5-20(30-12-15)36-24(27,28)29)6-8-23(14,9-7-22)31-19(33)13-35-16-3-4-17(25)18(26)10-16;1-15-8-17(4-5-18(15)24)30-11-16(28)9-22-12-23(13-22,14-22)26-20(29)19-10-25-21(31-19)27-6-2-3-7-27;1-13-6-15(2-3-16(13)21)28-8-14(27)7-19-9-20(10-19,11-19)25-17-18-23-12-24-26(18)5-4-22-17;1-11-7-27-17(22-11)15(24)5-18-8-19(9-18,10-18)23-16(25)6-26-12-2-3-13(20)14(21)4-12/h2-5,10,12,14H,6-9,11,13H2,1H3,(H,31,33)(H,32,34);4-5,8,10H,2-3,6-7,9,11-14H2,1H3,(H,26,29);2-6,12H,7-11H2,1H3,(H,22,25);2-4,7H,5-6,8-10H2,1H3,(H,23,25). The second-order valence-electron chi connectivity index (χ2n) is 34.5. The molecule has 4 amide bonds. The minimum absolute atomic E-state index is 0.00407. The number of aromatic nitrogens is 7. The first-order chi connectivity index (χ1) is 58.0. The summed E-state index contributed by atoms with van der Waals surface area (Å²) in [5.74, 6) is -0.0208. The Hall–Kier alpha value is -9.86. The summed E-state index contributed by atoms with van der Waals surface area (Å²) in [5, 5.41) is 24.7. The van der Waals surface area contributed by atoms with Crippen LogP contribution in [-0.4, -0.2) is 149 Å². The summed E-state index contributed by atoms with van der Waals surface area (Å²) < 4.78 is 91.3. The van der Waals surface area contributed by atoms with Crippen LogP contribution in [-0.2, 0) is 19.2 Å². The van der Waals surface area contributed by atoms with Crippen molar-refractivity contribution in [3.8, 4) is 28.9 Å². The van der Waals surface area contributed by atoms with Gasteiger partial charge in [0.25, 0.3) is 23.6 Å². The fraction of sp³-hybridized carbons (Fsp3) is 0.453. The molecule has 36 heteroatoms. The van der Waals surface area contributed by atoms with Crippen molar-refractivity contribution < 1.29 is 79.2 Å². The van der Waals surface area contributed by atoms with Crippen LogP contribution in [0.15, 0.2) is 121 Å². The number of nitrogens with zero attached hydrogens (tertiary/aromatic N) is 8. The second-order valence-corrected chi connectivity index (χ2v) is 38.0. The number of ether oxygens (including phenoxy) is 5. The largest absolute Gasteiger partial charge is 0.574 e. The Morgan fingerprint density at radius 1 is 0.566 bits per heavy atom. The minimum atomic E-state index is -4.86. The molecule has 0 spiro atoms. The minimum Gasteiger partial charge on any atom is -0.486 e. The van der Waals surface area contributed by atoms with Crippen LogP contribution >= 0.6 is 69.1 Å². The lowest BCUT2D eigenvalue weighted by Crippen LogP contribution is -2.75. The van der Waals surface area contributed by atoms with Crippen LogP contribution in [0.3, 0.4) is 0 Å². The molecule has 1 saturated heterocycles. The number of halogens is 9. The Kier molecular flexibility index (Phi) is 24.8. The van der Waals surface area contributed by atoms with E-state index in [9.17, 15) is 55.5 Å². The molecule has 5 N–H and O–H groups in total. The third-order valence-corrected chi connectivity index (χ3v) is 28.2. The van der Waals surface area contributed by atoms with Crippen molar-refractivity contribution in [3.05, 3.63) is 185 Å². The van der Waals surface area contributed by atoms with E-state index in [0.717, 1.165) is 129 Å². The van der Waals surface area contributed by atoms with Gasteiger partial charge in [-0.3, -0.25) is 33.6 Å². The number of hydrogen-bond donors (Lipinski definition) is 5. The number of fused-ring (bicyclic) bond motifs is 4. The molecule has 22 rings (SSSR count). The summed E-state index contributed by atoms with van der Waals surface area (Å²) >= 11 is 26.2. The van der Waals surface area contributed by atoms with Crippen LogP contribution in [0.5, 0.6) is 28.9 Å². The maximum atomic E-state index is 13.6. The molecule has 12 aliphatic carbocycles. The lowest BCUT2D eigenvalue weighted by Gasteiger charge is -2.70. The number of ketones is 3. The Balaban J connectivity index is 0.000000127. The molecular weight excluding hydrogens is 1710 g/mol. The fourth-order valence-electron chi connectivity index (χ4n) is 19.5. The van der Waals surface area contributed by atoms with Crippen LogP contribution < -0.4 is 55.2 Å². The molecule has 8 bridgehead atoms. The van der Waals surface area contributed by atoms with Crippen molar-refractivity contribution >= 4 is 127 Å². The van der Waals surface area contributed by atoms with Gasteiger partial charge in [0.15, 0.2) is 52.2 Å². The molecule has 13 aliphatic rings. The molecule has 1 atom stereocenters. The van der Waals surface area contributed by atoms with Gasteiger partial charge in [-0.2, -0.15) is 5.10 Å². The third-order valence-electron chi connectivity index (χ3n) is 24.7. The maximum absolute atomic E-state index is 13.6. The van der Waals surface area contributed by atoms with E-state index in [1.807, 2.05) is 45.2 Å². The average Bonchev–Trinajstić information content (AvgIpc) is 0.715. The Morgan fingerprint density at radius 2 is 1.08 bits per heavy atom. The predicted octanol–water partition coefficient (Wildman–Crippen LogP) is 16.6. The highest BCUT2D eigenvalue weighted by Crippen LogP contribution is 2.71. The fourth-order valence-corrected chi connectivity index (χ4v) is 21.6. The average molecular weight is 1800 g/mol. The van der Waals surface area contributed by atoms with E-state index in [2.05, 4.69) is 66.2 Å². The summed E-state index contributed by atoms with van der Waals surface area (Å²) in [6, 6.07) is 21.0. The molecule has 644 valence electrons. The second kappa shape index (κ2) is 34.7. The van der Waals surface area contributed by atoms with Crippen LogP contribution in [0.1, 0.15) is 176 Å². The van der Waals surface area contributed by atoms with Crippen molar-refractivity contribution in [3.63, 3.8) is 0 Å². The molecule has 1 aliphatic heterocycles. The number of hydrogen-bond acceptors (Lipinski definition) is 22. The van der Waals surface area contributed by atoms with Gasteiger partial charge in [-0.05, 0) is 224 Å². The Labute approximate surface area is 727 Å². The SMILES string of the molecule is CC1CC2(NC(=O)c3ccc(OC(F)(F)F)nc3)CCC1(NC(=O)COc1ccc(Cl)c(F)c1)CC2.Cc1cc(OCC(=O)CC23CC(NC(=O)c4cnc(N5CCCC5)s4)(C2)C3)ccc1Cl.Cc1cc(OCC(=O)CC23CC(Nc4nccn5ncnc45)(C2)C3)ccc1Cl.Cc1csc(C(=O)CC23CC(NC(=O)COc4ccc(Cl)c(F)c4)(C2)C3)n1. The summed E-state index contributed by atoms with van der Waals surface area (Å²) in [7, 11) is 0. The number of pyridine rings is 1. The van der Waals surface area contributed by atoms with E-state index in [1.54, 1.807) is 47.4 Å². The molecule has 6 heterocycles. The molecular formula is C86H88Cl4F5N13O12S2. The number of carbonyl (C=O) groups excluding carboxylic acids is 7. The van der Waals surface area contributed by atoms with Crippen LogP contribution in [0.25, 0.3) is 5.65 Å². The number of alkyl halides is 3. The normalized spacial score (nSPS) is 25.5. The van der Waals surface area contributed by atoms with Gasteiger partial charge >= 0.3 is 6.36 Å². The van der Waals surface area contributed by atoms with Gasteiger partial charge in [-0.25, -0.2) is 38.2 Å². The van der Waals surface area contributed by atoms with Gasteiger partial charge in [0.05, 0.1) is 21.8 Å². The zero-order valence-electron chi connectivity index (χ0n) is 67.0. The van der Waals surface area contributed by atoms with Gasteiger partial charge in [0.2, 0.25) is 5.88 Å². The van der Waals surface area contributed by atoms with Crippen molar-refractivity contribution in [2.75, 3.05) is 49.7 Å². The zero-order valence-corrected chi connectivity index (χ0v) is 71.7. The monoisotopic (exact) mass is 1790 g/mol. The van der Waals surface area contributed by atoms with Crippen LogP contribution in [0.2, 0.25) is 20.1 Å². The summed E-state index contributed by atoms with van der Waals surface area (Å²) in [5.41, 5.74) is 2.49. The van der Waals surface area contributed by atoms with Crippen molar-refractivity contribution in [1.82, 2.24) is 55.8 Å². The number of aryl methyl sites for hydroxylation is 3. The highest BCUT2D eigenvalue weighted by molar-refractivity contribution is 7.17. The molecule has 5 aromatic heterocycles. The number of thiazole rings is 2. The summed E-state index contributed by atoms with van der Waals surface area (Å²) in [4.78, 5) is 111. The number of carbonyl (C=O) groups is 7. The molecule has 12 saturated carbocycles. The first-order valence-corrected chi connectivity index (χ1v) is 43.2. The lowest BCUT2D eigenvalue weighted by molar-refractivity contribution is -0.276. The van der Waals surface area contributed by atoms with E-state index in [1.165, 1.54) is 72.2 Å². The number of rotatable bonds is 29. The molecule has 1 unspecified atom stereocenters. The van der Waals surface area contributed by atoms with E-state index in [4.69, 9.17) is 65.4 Å². The van der Waals surface area contributed by atoms with Gasteiger partial charge in [0.1, 0.15) is 59.1 Å². The molecule has 122 heavy (non-hydrogen) atoms. The van der Waals surface area contributed by atoms with Gasteiger partial charge in [-0.1, -0.05) is 64.7 Å². The quantitative estimate of drug-likeness (QED) is 0.0215. The first-order valence-electron chi connectivity index (χ1n) is 40.0. The van der Waals surface area contributed by atoms with Gasteiger partial charge < -0.3 is 55.2 Å². The zero-order chi connectivity index (χ0) is 86.4. The number of anilines is 2. The predicted molar refractivity (Wildman–Crippen MR) is 447 cm³/mol. The third kappa shape index (κ3) is 19.8. The van der Waals surface area contributed by atoms with Crippen molar-refractivity contribution in [1.29, 1.82) is 0 Å². The lowest BCUT2D eigenvalue weighted by atomic mass is 9.38. The van der Waals surface area contributed by atoms with E-state index in [0.29, 0.717) is 82.8 Å². The molecule has 9 aromatic rings. The van der Waals surface area contributed by atoms with E-state index < -0.39 is 40.9 Å². The Morgan fingerprint density at radius 3 is 1.60 bits per heavy atom. The number of nitrogens with one attached hydrogen (secondary N) is 5. The highest BCUT2D eigenvalue weighted by atomic mass is 35.5. The number of Topliss-reactive ketones (excluding diaryl/α,β-unsaturated/α-hetero) is 3. The van der Waals surface area contributed by atoms with Gasteiger partial charge in [0, 0.05) is 118 Å². The van der Waals surface area contributed by atoms with Crippen molar-refractivity contribution in [2.24, 2.45) is 22.2 Å². The topological polar surface area (TPSA) is 311 Å². The van der Waals surface area contributed by atoms with E-state index >= 15 is 0 Å². The summed E-state index contributed by atoms with van der Waals surface area (Å²) in [6.07, 6.45) is 17.9. The first kappa shape index (κ1) is 87.1. The highest BCUT2D eigenvalue weighted by Gasteiger charge is 2.70. The molecule has 25 nitrogen and oxygen atoms in total. The number of benzene rings is 4.